The molecule has 0 unspecified atom stereocenters. The van der Waals surface area contributed by atoms with Crippen LogP contribution in [-0.2, 0) is 0 Å². The van der Waals surface area contributed by atoms with Crippen molar-refractivity contribution in [1.82, 2.24) is 4.98 Å². The summed E-state index contributed by atoms with van der Waals surface area (Å²) in [7, 11) is 0. The highest BCUT2D eigenvalue weighted by Gasteiger charge is 2.30. The van der Waals surface area contributed by atoms with Crippen LogP contribution >= 0.6 is 27.5 Å². The van der Waals surface area contributed by atoms with Gasteiger partial charge in [-0.15, -0.1) is 0 Å². The zero-order valence-electron chi connectivity index (χ0n) is 10.3. The second kappa shape index (κ2) is 5.51. The van der Waals surface area contributed by atoms with Crippen molar-refractivity contribution in [2.45, 2.75) is 24.8 Å². The standard InChI is InChI=1S/C15H14BrClN2/c16-15-6-5-13(9-18-15)19-14-7-11(8-14)10-1-3-12(17)4-2-10/h1-6,9,11,14,19H,7-8H2. The molecule has 0 spiro atoms. The van der Waals surface area contributed by atoms with Gasteiger partial charge in [0.1, 0.15) is 4.60 Å². The number of nitrogens with one attached hydrogen (secondary N) is 1. The van der Waals surface area contributed by atoms with Gasteiger partial charge in [-0.25, -0.2) is 4.98 Å². The van der Waals surface area contributed by atoms with Crippen molar-refractivity contribution >= 4 is 33.2 Å². The van der Waals surface area contributed by atoms with E-state index in [0.717, 1.165) is 28.2 Å². The van der Waals surface area contributed by atoms with Crippen molar-refractivity contribution in [2.75, 3.05) is 5.32 Å². The fourth-order valence-corrected chi connectivity index (χ4v) is 2.80. The highest BCUT2D eigenvalue weighted by Crippen LogP contribution is 2.38. The van der Waals surface area contributed by atoms with Crippen LogP contribution in [0.25, 0.3) is 0 Å². The van der Waals surface area contributed by atoms with Crippen molar-refractivity contribution in [2.24, 2.45) is 0 Å². The number of halogens is 2. The van der Waals surface area contributed by atoms with Crippen molar-refractivity contribution in [3.8, 4) is 0 Å². The third-order valence-electron chi connectivity index (χ3n) is 3.58. The number of hydrogen-bond donors (Lipinski definition) is 1. The van der Waals surface area contributed by atoms with Gasteiger partial charge >= 0.3 is 0 Å². The molecule has 1 aromatic carbocycles. The van der Waals surface area contributed by atoms with E-state index in [-0.39, 0.29) is 0 Å². The van der Waals surface area contributed by atoms with Crippen LogP contribution in [0.2, 0.25) is 5.02 Å². The zero-order chi connectivity index (χ0) is 13.2. The summed E-state index contributed by atoms with van der Waals surface area (Å²) in [6.07, 6.45) is 4.19. The molecule has 1 aromatic heterocycles. The molecular formula is C15H14BrClN2. The molecular weight excluding hydrogens is 324 g/mol. The lowest BCUT2D eigenvalue weighted by Gasteiger charge is -2.36. The Balaban J connectivity index is 1.55. The Morgan fingerprint density at radius 1 is 1.11 bits per heavy atom. The second-order valence-electron chi connectivity index (χ2n) is 4.93. The quantitative estimate of drug-likeness (QED) is 0.809. The van der Waals surface area contributed by atoms with Gasteiger partial charge in [-0.3, -0.25) is 0 Å². The summed E-state index contributed by atoms with van der Waals surface area (Å²) in [4.78, 5) is 4.22. The molecule has 0 bridgehead atoms. The van der Waals surface area contributed by atoms with E-state index in [1.165, 1.54) is 5.56 Å². The molecule has 1 aliphatic carbocycles. The number of aromatic nitrogens is 1. The third-order valence-corrected chi connectivity index (χ3v) is 4.30. The monoisotopic (exact) mass is 336 g/mol. The summed E-state index contributed by atoms with van der Waals surface area (Å²) in [5, 5.41) is 4.31. The number of benzene rings is 1. The molecule has 1 aliphatic rings. The minimum atomic E-state index is 0.545. The van der Waals surface area contributed by atoms with E-state index in [4.69, 9.17) is 11.6 Å². The van der Waals surface area contributed by atoms with Gasteiger partial charge < -0.3 is 5.32 Å². The Kier molecular flexibility index (Phi) is 3.76. The summed E-state index contributed by atoms with van der Waals surface area (Å²) in [5.41, 5.74) is 2.47. The summed E-state index contributed by atoms with van der Waals surface area (Å²) in [6.45, 7) is 0. The van der Waals surface area contributed by atoms with Crippen molar-refractivity contribution in [1.29, 1.82) is 0 Å². The highest BCUT2D eigenvalue weighted by atomic mass is 79.9. The van der Waals surface area contributed by atoms with Gasteiger partial charge in [0.05, 0.1) is 11.9 Å². The minimum Gasteiger partial charge on any atom is -0.381 e. The number of anilines is 1. The predicted molar refractivity (Wildman–Crippen MR) is 82.8 cm³/mol. The van der Waals surface area contributed by atoms with Crippen LogP contribution in [0.15, 0.2) is 47.2 Å². The van der Waals surface area contributed by atoms with Gasteiger partial charge in [0.25, 0.3) is 0 Å². The first-order valence-corrected chi connectivity index (χ1v) is 7.51. The summed E-state index contributed by atoms with van der Waals surface area (Å²) < 4.78 is 0.866. The summed E-state index contributed by atoms with van der Waals surface area (Å²) >= 11 is 9.24. The van der Waals surface area contributed by atoms with E-state index in [1.807, 2.05) is 30.5 Å². The van der Waals surface area contributed by atoms with Crippen LogP contribution in [-0.4, -0.2) is 11.0 Å². The summed E-state index contributed by atoms with van der Waals surface area (Å²) in [5.74, 6) is 0.651. The van der Waals surface area contributed by atoms with E-state index < -0.39 is 0 Å². The molecule has 0 radical (unpaired) electrons. The van der Waals surface area contributed by atoms with Crippen LogP contribution in [0.5, 0.6) is 0 Å². The average Bonchev–Trinajstić information content (AvgIpc) is 2.37. The number of pyridine rings is 1. The molecule has 0 aliphatic heterocycles. The largest absolute Gasteiger partial charge is 0.381 e. The van der Waals surface area contributed by atoms with E-state index in [1.54, 1.807) is 0 Å². The highest BCUT2D eigenvalue weighted by molar-refractivity contribution is 9.10. The Morgan fingerprint density at radius 2 is 1.84 bits per heavy atom. The Hall–Kier alpha value is -1.06. The van der Waals surface area contributed by atoms with Crippen LogP contribution in [0.4, 0.5) is 5.69 Å². The van der Waals surface area contributed by atoms with Gasteiger partial charge in [0, 0.05) is 11.1 Å². The maximum atomic E-state index is 5.90. The van der Waals surface area contributed by atoms with Gasteiger partial charge in [-0.2, -0.15) is 0 Å². The molecule has 1 fully saturated rings. The van der Waals surface area contributed by atoms with Crippen molar-refractivity contribution in [3.63, 3.8) is 0 Å². The maximum absolute atomic E-state index is 5.90. The lowest BCUT2D eigenvalue weighted by molar-refractivity contribution is 0.374. The summed E-state index contributed by atoms with van der Waals surface area (Å²) in [6, 6.07) is 12.7. The molecule has 2 nitrogen and oxygen atoms in total. The molecule has 4 heteroatoms. The first kappa shape index (κ1) is 12.9. The molecule has 1 heterocycles. The zero-order valence-corrected chi connectivity index (χ0v) is 12.7. The Labute approximate surface area is 126 Å². The van der Waals surface area contributed by atoms with E-state index in [9.17, 15) is 0 Å². The number of hydrogen-bond acceptors (Lipinski definition) is 2. The van der Waals surface area contributed by atoms with Crippen molar-refractivity contribution < 1.29 is 0 Å². The van der Waals surface area contributed by atoms with Crippen LogP contribution in [0, 0.1) is 0 Å². The van der Waals surface area contributed by atoms with Crippen molar-refractivity contribution in [3.05, 3.63) is 57.8 Å². The molecule has 0 atom stereocenters. The second-order valence-corrected chi connectivity index (χ2v) is 6.18. The number of nitrogens with zero attached hydrogens (tertiary/aromatic N) is 1. The fourth-order valence-electron chi connectivity index (χ4n) is 2.44. The van der Waals surface area contributed by atoms with E-state index in [0.29, 0.717) is 12.0 Å². The topological polar surface area (TPSA) is 24.9 Å². The SMILES string of the molecule is Clc1ccc(C2CC(Nc3ccc(Br)nc3)C2)cc1. The van der Waals surface area contributed by atoms with Crippen LogP contribution < -0.4 is 5.32 Å². The molecule has 2 aromatic rings. The first-order chi connectivity index (χ1) is 9.20. The van der Waals surface area contributed by atoms with Gasteiger partial charge in [-0.05, 0) is 64.5 Å². The van der Waals surface area contributed by atoms with E-state index in [2.05, 4.69) is 38.4 Å². The maximum Gasteiger partial charge on any atom is 0.106 e. The number of rotatable bonds is 3. The molecule has 19 heavy (non-hydrogen) atoms. The lowest BCUT2D eigenvalue weighted by atomic mass is 9.76. The predicted octanol–water partition coefficient (Wildman–Crippen LogP) is 4.86. The van der Waals surface area contributed by atoms with Gasteiger partial charge in [-0.1, -0.05) is 23.7 Å². The smallest absolute Gasteiger partial charge is 0.106 e. The molecule has 0 amide bonds. The average molecular weight is 338 g/mol. The third kappa shape index (κ3) is 3.10. The Bertz CT molecular complexity index is 547. The fraction of sp³-hybridized carbons (Fsp3) is 0.267. The van der Waals surface area contributed by atoms with E-state index >= 15 is 0 Å². The lowest BCUT2D eigenvalue weighted by Crippen LogP contribution is -2.33. The molecule has 3 rings (SSSR count). The van der Waals surface area contributed by atoms with Crippen LogP contribution in [0.1, 0.15) is 24.3 Å². The van der Waals surface area contributed by atoms with Crippen LogP contribution in [0.3, 0.4) is 0 Å². The van der Waals surface area contributed by atoms with Gasteiger partial charge in [0.2, 0.25) is 0 Å². The minimum absolute atomic E-state index is 0.545. The molecule has 98 valence electrons. The molecule has 0 saturated heterocycles. The molecule has 1 saturated carbocycles. The normalized spacial score (nSPS) is 21.8. The first-order valence-electron chi connectivity index (χ1n) is 6.34. The molecule has 1 N–H and O–H groups in total. The van der Waals surface area contributed by atoms with Gasteiger partial charge in [0.15, 0.2) is 0 Å². The Morgan fingerprint density at radius 3 is 2.47 bits per heavy atom.